The molecular formula is C11H15N3O3. The molecule has 0 spiro atoms. The van der Waals surface area contributed by atoms with Crippen LogP contribution in [0.5, 0.6) is 0 Å². The van der Waals surface area contributed by atoms with Crippen LogP contribution in [0.3, 0.4) is 0 Å². The van der Waals surface area contributed by atoms with Crippen molar-refractivity contribution >= 4 is 11.9 Å². The second-order valence-corrected chi connectivity index (χ2v) is 4.48. The Morgan fingerprint density at radius 1 is 1.47 bits per heavy atom. The number of aromatic amines is 1. The number of carboxylic acid groups (broad SMARTS) is 1. The minimum absolute atomic E-state index is 0.0210. The summed E-state index contributed by atoms with van der Waals surface area (Å²) in [5.41, 5.74) is -0.227. The molecule has 1 aromatic rings. The molecule has 1 fully saturated rings. The number of carboxylic acids is 1. The van der Waals surface area contributed by atoms with Gasteiger partial charge < -0.3 is 10.4 Å². The molecule has 1 aliphatic rings. The van der Waals surface area contributed by atoms with Crippen molar-refractivity contribution in [3.63, 3.8) is 0 Å². The van der Waals surface area contributed by atoms with Crippen molar-refractivity contribution in [3.05, 3.63) is 18.0 Å². The first-order valence-corrected chi connectivity index (χ1v) is 5.65. The van der Waals surface area contributed by atoms with E-state index < -0.39 is 11.5 Å². The van der Waals surface area contributed by atoms with Gasteiger partial charge in [0.1, 0.15) is 5.69 Å². The normalized spacial score (nSPS) is 17.9. The van der Waals surface area contributed by atoms with E-state index in [9.17, 15) is 9.59 Å². The molecule has 2 rings (SSSR count). The van der Waals surface area contributed by atoms with E-state index in [0.29, 0.717) is 5.69 Å². The molecule has 1 aliphatic carbocycles. The molecule has 0 radical (unpaired) electrons. The lowest BCUT2D eigenvalue weighted by atomic mass is 9.93. The second-order valence-electron chi connectivity index (χ2n) is 4.48. The monoisotopic (exact) mass is 237 g/mol. The van der Waals surface area contributed by atoms with Gasteiger partial charge in [-0.05, 0) is 18.9 Å². The molecular weight excluding hydrogens is 222 g/mol. The van der Waals surface area contributed by atoms with Crippen molar-refractivity contribution in [2.45, 2.75) is 37.6 Å². The number of hydrogen-bond acceptors (Lipinski definition) is 3. The van der Waals surface area contributed by atoms with E-state index in [0.717, 1.165) is 25.7 Å². The summed E-state index contributed by atoms with van der Waals surface area (Å²) in [6, 6.07) is 1.57. The molecule has 6 nitrogen and oxygen atoms in total. The van der Waals surface area contributed by atoms with Crippen LogP contribution in [-0.4, -0.2) is 32.7 Å². The summed E-state index contributed by atoms with van der Waals surface area (Å²) in [6.07, 6.45) is 4.83. The highest BCUT2D eigenvalue weighted by atomic mass is 16.4. The molecule has 0 atom stereocenters. The number of carbonyl (C=O) groups excluding carboxylic acids is 1. The summed E-state index contributed by atoms with van der Waals surface area (Å²) in [6.45, 7) is 0. The lowest BCUT2D eigenvalue weighted by Gasteiger charge is -2.28. The zero-order valence-electron chi connectivity index (χ0n) is 9.40. The Morgan fingerprint density at radius 2 is 2.18 bits per heavy atom. The third-order valence-electron chi connectivity index (χ3n) is 3.17. The van der Waals surface area contributed by atoms with Crippen molar-refractivity contribution in [2.24, 2.45) is 0 Å². The SMILES string of the molecule is O=C(O)CC1(NC(=O)c2ccn[nH]2)CCCC1. The lowest BCUT2D eigenvalue weighted by molar-refractivity contribution is -0.138. The standard InChI is InChI=1S/C11H15N3O3/c15-9(16)7-11(4-1-2-5-11)13-10(17)8-3-6-12-14-8/h3,6H,1-2,4-5,7H2,(H,12,14)(H,13,17)(H,15,16). The summed E-state index contributed by atoms with van der Waals surface area (Å²) in [5.74, 6) is -1.16. The molecule has 6 heteroatoms. The molecule has 0 aliphatic heterocycles. The van der Waals surface area contributed by atoms with Gasteiger partial charge in [0, 0.05) is 6.20 Å². The number of H-pyrrole nitrogens is 1. The fraction of sp³-hybridized carbons (Fsp3) is 0.545. The molecule has 1 amide bonds. The van der Waals surface area contributed by atoms with Gasteiger partial charge in [-0.2, -0.15) is 5.10 Å². The summed E-state index contributed by atoms with van der Waals surface area (Å²) in [7, 11) is 0. The number of amides is 1. The van der Waals surface area contributed by atoms with E-state index in [-0.39, 0.29) is 12.3 Å². The fourth-order valence-electron chi connectivity index (χ4n) is 2.38. The van der Waals surface area contributed by atoms with Crippen molar-refractivity contribution < 1.29 is 14.7 Å². The van der Waals surface area contributed by atoms with Crippen LogP contribution in [0, 0.1) is 0 Å². The molecule has 92 valence electrons. The van der Waals surface area contributed by atoms with Gasteiger partial charge in [-0.3, -0.25) is 14.7 Å². The summed E-state index contributed by atoms with van der Waals surface area (Å²) in [5, 5.41) is 18.0. The van der Waals surface area contributed by atoms with Crippen LogP contribution < -0.4 is 5.32 Å². The van der Waals surface area contributed by atoms with Gasteiger partial charge in [-0.1, -0.05) is 12.8 Å². The topological polar surface area (TPSA) is 95.1 Å². The minimum atomic E-state index is -0.878. The van der Waals surface area contributed by atoms with Gasteiger partial charge in [0.15, 0.2) is 0 Å². The van der Waals surface area contributed by atoms with E-state index in [1.807, 2.05) is 0 Å². The smallest absolute Gasteiger partial charge is 0.305 e. The van der Waals surface area contributed by atoms with Gasteiger partial charge in [0.25, 0.3) is 5.91 Å². The Balaban J connectivity index is 2.08. The highest BCUT2D eigenvalue weighted by Crippen LogP contribution is 2.32. The lowest BCUT2D eigenvalue weighted by Crippen LogP contribution is -2.47. The first-order chi connectivity index (χ1) is 8.11. The number of aliphatic carboxylic acids is 1. The third kappa shape index (κ3) is 2.64. The van der Waals surface area contributed by atoms with Crippen LogP contribution in [0.15, 0.2) is 12.3 Å². The number of carbonyl (C=O) groups is 2. The van der Waals surface area contributed by atoms with Crippen molar-refractivity contribution in [1.29, 1.82) is 0 Å². The summed E-state index contributed by atoms with van der Waals surface area (Å²) < 4.78 is 0. The number of aromatic nitrogens is 2. The van der Waals surface area contributed by atoms with E-state index in [2.05, 4.69) is 15.5 Å². The largest absolute Gasteiger partial charge is 0.481 e. The Morgan fingerprint density at radius 3 is 2.71 bits per heavy atom. The van der Waals surface area contributed by atoms with E-state index >= 15 is 0 Å². The van der Waals surface area contributed by atoms with Gasteiger partial charge in [0.2, 0.25) is 0 Å². The third-order valence-corrected chi connectivity index (χ3v) is 3.17. The summed E-state index contributed by atoms with van der Waals surface area (Å²) >= 11 is 0. The van der Waals surface area contributed by atoms with Crippen LogP contribution in [0.4, 0.5) is 0 Å². The zero-order chi connectivity index (χ0) is 12.3. The van der Waals surface area contributed by atoms with Crippen LogP contribution >= 0.6 is 0 Å². The van der Waals surface area contributed by atoms with Crippen LogP contribution in [0.2, 0.25) is 0 Å². The van der Waals surface area contributed by atoms with E-state index in [1.54, 1.807) is 6.07 Å². The zero-order valence-corrected chi connectivity index (χ0v) is 9.40. The van der Waals surface area contributed by atoms with Crippen molar-refractivity contribution in [3.8, 4) is 0 Å². The quantitative estimate of drug-likeness (QED) is 0.725. The number of nitrogens with zero attached hydrogens (tertiary/aromatic N) is 1. The Hall–Kier alpha value is -1.85. The molecule has 17 heavy (non-hydrogen) atoms. The van der Waals surface area contributed by atoms with Gasteiger partial charge in [-0.15, -0.1) is 0 Å². The second kappa shape index (κ2) is 4.57. The van der Waals surface area contributed by atoms with Gasteiger partial charge in [0.05, 0.1) is 12.0 Å². The van der Waals surface area contributed by atoms with E-state index in [1.165, 1.54) is 6.20 Å². The van der Waals surface area contributed by atoms with Crippen molar-refractivity contribution in [1.82, 2.24) is 15.5 Å². The highest BCUT2D eigenvalue weighted by Gasteiger charge is 2.37. The first kappa shape index (κ1) is 11.6. The molecule has 3 N–H and O–H groups in total. The number of nitrogens with one attached hydrogen (secondary N) is 2. The maximum atomic E-state index is 11.9. The van der Waals surface area contributed by atoms with Gasteiger partial charge >= 0.3 is 5.97 Å². The maximum Gasteiger partial charge on any atom is 0.305 e. The predicted molar refractivity (Wildman–Crippen MR) is 59.5 cm³/mol. The molecule has 0 bridgehead atoms. The average molecular weight is 237 g/mol. The molecule has 0 saturated heterocycles. The average Bonchev–Trinajstić information content (AvgIpc) is 2.86. The molecule has 0 unspecified atom stereocenters. The predicted octanol–water partition coefficient (Wildman–Crippen LogP) is 0.927. The number of rotatable bonds is 4. The van der Waals surface area contributed by atoms with Gasteiger partial charge in [-0.25, -0.2) is 0 Å². The minimum Gasteiger partial charge on any atom is -0.481 e. The molecule has 1 aromatic heterocycles. The Bertz CT molecular complexity index is 408. The molecule has 1 heterocycles. The Labute approximate surface area is 98.4 Å². The van der Waals surface area contributed by atoms with Crippen LogP contribution in [-0.2, 0) is 4.79 Å². The first-order valence-electron chi connectivity index (χ1n) is 5.65. The van der Waals surface area contributed by atoms with Crippen LogP contribution in [0.25, 0.3) is 0 Å². The fourth-order valence-corrected chi connectivity index (χ4v) is 2.38. The summed E-state index contributed by atoms with van der Waals surface area (Å²) in [4.78, 5) is 22.7. The van der Waals surface area contributed by atoms with Crippen LogP contribution in [0.1, 0.15) is 42.6 Å². The Kier molecular flexibility index (Phi) is 3.12. The molecule has 0 aromatic carbocycles. The van der Waals surface area contributed by atoms with E-state index in [4.69, 9.17) is 5.11 Å². The highest BCUT2D eigenvalue weighted by molar-refractivity contribution is 5.93. The van der Waals surface area contributed by atoms with Crippen molar-refractivity contribution in [2.75, 3.05) is 0 Å². The molecule has 1 saturated carbocycles. The maximum absolute atomic E-state index is 11.9. The number of hydrogen-bond donors (Lipinski definition) is 3.